The Kier molecular flexibility index (Phi) is 4.53. The van der Waals surface area contributed by atoms with E-state index in [4.69, 9.17) is 10.2 Å². The van der Waals surface area contributed by atoms with Gasteiger partial charge in [0.1, 0.15) is 0 Å². The van der Waals surface area contributed by atoms with Gasteiger partial charge in [-0.15, -0.1) is 0 Å². The van der Waals surface area contributed by atoms with Gasteiger partial charge < -0.3 is 10.2 Å². The van der Waals surface area contributed by atoms with Gasteiger partial charge in [0.2, 0.25) is 0 Å². The number of nitrogens with zero attached hydrogens (tertiary/aromatic N) is 5. The summed E-state index contributed by atoms with van der Waals surface area (Å²) in [6.07, 6.45) is 0. The SMILES string of the molecule is Cc1cc(C(=O)O)nn1Cc1cccc(Cn2nc(C(=O)O)cc2C)n1. The maximum Gasteiger partial charge on any atom is 0.356 e. The van der Waals surface area contributed by atoms with Crippen molar-refractivity contribution in [3.05, 3.63) is 64.5 Å². The number of hydrogen-bond donors (Lipinski definition) is 2. The maximum absolute atomic E-state index is 11.0. The molecule has 0 aliphatic rings. The highest BCUT2D eigenvalue weighted by Gasteiger charge is 2.13. The van der Waals surface area contributed by atoms with E-state index < -0.39 is 11.9 Å². The second-order valence-corrected chi connectivity index (χ2v) is 5.89. The Hall–Kier alpha value is -3.49. The largest absolute Gasteiger partial charge is 0.476 e. The first-order valence-electron chi connectivity index (χ1n) is 7.84. The molecule has 134 valence electrons. The van der Waals surface area contributed by atoms with E-state index in [1.807, 2.05) is 18.2 Å². The van der Waals surface area contributed by atoms with Gasteiger partial charge in [-0.3, -0.25) is 14.3 Å². The summed E-state index contributed by atoms with van der Waals surface area (Å²) in [6, 6.07) is 8.50. The molecule has 2 N–H and O–H groups in total. The van der Waals surface area contributed by atoms with Crippen molar-refractivity contribution in [2.75, 3.05) is 0 Å². The van der Waals surface area contributed by atoms with Crippen LogP contribution in [-0.4, -0.2) is 46.7 Å². The first-order valence-corrected chi connectivity index (χ1v) is 7.84. The molecule has 0 radical (unpaired) electrons. The number of carboxylic acid groups (broad SMARTS) is 2. The number of aromatic carboxylic acids is 2. The van der Waals surface area contributed by atoms with Crippen molar-refractivity contribution in [3.63, 3.8) is 0 Å². The topological polar surface area (TPSA) is 123 Å². The maximum atomic E-state index is 11.0. The Morgan fingerprint density at radius 1 is 0.885 bits per heavy atom. The molecule has 0 aromatic carbocycles. The summed E-state index contributed by atoms with van der Waals surface area (Å²) in [5.41, 5.74) is 2.87. The average molecular weight is 355 g/mol. The summed E-state index contributed by atoms with van der Waals surface area (Å²) in [4.78, 5) is 26.6. The minimum atomic E-state index is -1.07. The Balaban J connectivity index is 1.80. The molecule has 0 saturated heterocycles. The summed E-state index contributed by atoms with van der Waals surface area (Å²) in [7, 11) is 0. The molecule has 0 bridgehead atoms. The third-order valence-electron chi connectivity index (χ3n) is 3.89. The second kappa shape index (κ2) is 6.79. The highest BCUT2D eigenvalue weighted by atomic mass is 16.4. The van der Waals surface area contributed by atoms with Crippen molar-refractivity contribution in [2.45, 2.75) is 26.9 Å². The molecular formula is C17H17N5O4. The molecule has 9 nitrogen and oxygen atoms in total. The van der Waals surface area contributed by atoms with E-state index in [9.17, 15) is 9.59 Å². The summed E-state index contributed by atoms with van der Waals surface area (Å²) in [5.74, 6) is -2.14. The third kappa shape index (κ3) is 3.61. The van der Waals surface area contributed by atoms with Crippen molar-refractivity contribution in [1.29, 1.82) is 0 Å². The molecule has 0 fully saturated rings. The van der Waals surface area contributed by atoms with Crippen LogP contribution in [0.15, 0.2) is 30.3 Å². The molecule has 0 spiro atoms. The molecule has 3 heterocycles. The van der Waals surface area contributed by atoms with Gasteiger partial charge in [-0.05, 0) is 38.1 Å². The van der Waals surface area contributed by atoms with Crippen LogP contribution in [0.1, 0.15) is 43.8 Å². The molecular weight excluding hydrogens is 338 g/mol. The molecule has 0 aliphatic carbocycles. The highest BCUT2D eigenvalue weighted by Crippen LogP contribution is 2.10. The zero-order valence-corrected chi connectivity index (χ0v) is 14.2. The summed E-state index contributed by atoms with van der Waals surface area (Å²) >= 11 is 0. The van der Waals surface area contributed by atoms with Gasteiger partial charge in [-0.2, -0.15) is 10.2 Å². The molecule has 0 unspecified atom stereocenters. The predicted molar refractivity (Wildman–Crippen MR) is 90.3 cm³/mol. The van der Waals surface area contributed by atoms with Crippen molar-refractivity contribution < 1.29 is 19.8 Å². The fraction of sp³-hybridized carbons (Fsp3) is 0.235. The quantitative estimate of drug-likeness (QED) is 0.688. The number of aromatic nitrogens is 5. The molecule has 3 rings (SSSR count). The average Bonchev–Trinajstić information content (AvgIpc) is 3.12. The lowest BCUT2D eigenvalue weighted by atomic mass is 10.3. The van der Waals surface area contributed by atoms with Crippen LogP contribution in [0.5, 0.6) is 0 Å². The van der Waals surface area contributed by atoms with Crippen LogP contribution in [0.2, 0.25) is 0 Å². The van der Waals surface area contributed by atoms with E-state index in [2.05, 4.69) is 15.2 Å². The van der Waals surface area contributed by atoms with Gasteiger partial charge in [0, 0.05) is 11.4 Å². The van der Waals surface area contributed by atoms with Crippen molar-refractivity contribution >= 4 is 11.9 Å². The zero-order valence-electron chi connectivity index (χ0n) is 14.2. The van der Waals surface area contributed by atoms with Crippen LogP contribution < -0.4 is 0 Å². The van der Waals surface area contributed by atoms with E-state index >= 15 is 0 Å². The highest BCUT2D eigenvalue weighted by molar-refractivity contribution is 5.85. The fourth-order valence-corrected chi connectivity index (χ4v) is 2.56. The van der Waals surface area contributed by atoms with Crippen LogP contribution in [0.3, 0.4) is 0 Å². The number of carboxylic acids is 2. The van der Waals surface area contributed by atoms with E-state index in [1.54, 1.807) is 23.2 Å². The van der Waals surface area contributed by atoms with Crippen molar-refractivity contribution in [2.24, 2.45) is 0 Å². The number of pyridine rings is 1. The molecule has 0 saturated carbocycles. The van der Waals surface area contributed by atoms with E-state index in [1.165, 1.54) is 12.1 Å². The summed E-state index contributed by atoms with van der Waals surface area (Å²) < 4.78 is 3.16. The Morgan fingerprint density at radius 2 is 1.31 bits per heavy atom. The molecule has 0 amide bonds. The molecule has 26 heavy (non-hydrogen) atoms. The first-order chi connectivity index (χ1) is 12.3. The Morgan fingerprint density at radius 3 is 1.65 bits per heavy atom. The van der Waals surface area contributed by atoms with E-state index in [0.29, 0.717) is 24.5 Å². The van der Waals surface area contributed by atoms with Gasteiger partial charge >= 0.3 is 11.9 Å². The molecule has 9 heteroatoms. The standard InChI is InChI=1S/C17H17N5O4/c1-10-6-14(16(23)24)19-21(10)8-12-4-3-5-13(18-12)9-22-11(2)7-15(20-22)17(25)26/h3-7H,8-9H2,1-2H3,(H,23,24)(H,25,26). The lowest BCUT2D eigenvalue weighted by Gasteiger charge is -2.08. The van der Waals surface area contributed by atoms with Gasteiger partial charge in [0.05, 0.1) is 24.5 Å². The summed E-state index contributed by atoms with van der Waals surface area (Å²) in [5, 5.41) is 26.1. The summed E-state index contributed by atoms with van der Waals surface area (Å²) in [6.45, 7) is 4.24. The van der Waals surface area contributed by atoms with Crippen LogP contribution >= 0.6 is 0 Å². The molecule has 0 atom stereocenters. The number of aryl methyl sites for hydroxylation is 2. The fourth-order valence-electron chi connectivity index (χ4n) is 2.56. The minimum absolute atomic E-state index is 0.00739. The predicted octanol–water partition coefficient (Wildman–Crippen LogP) is 1.58. The van der Waals surface area contributed by atoms with Crippen LogP contribution in [0.4, 0.5) is 0 Å². The van der Waals surface area contributed by atoms with Crippen molar-refractivity contribution in [1.82, 2.24) is 24.5 Å². The molecule has 3 aromatic rings. The van der Waals surface area contributed by atoms with Crippen LogP contribution in [0, 0.1) is 13.8 Å². The Labute approximate surface area is 148 Å². The monoisotopic (exact) mass is 355 g/mol. The van der Waals surface area contributed by atoms with Crippen LogP contribution in [-0.2, 0) is 13.1 Å². The minimum Gasteiger partial charge on any atom is -0.476 e. The van der Waals surface area contributed by atoms with Gasteiger partial charge in [-0.25, -0.2) is 9.59 Å². The first kappa shape index (κ1) is 17.3. The molecule has 3 aromatic heterocycles. The van der Waals surface area contributed by atoms with E-state index in [-0.39, 0.29) is 11.4 Å². The van der Waals surface area contributed by atoms with Gasteiger partial charge in [0.25, 0.3) is 0 Å². The van der Waals surface area contributed by atoms with Gasteiger partial charge in [-0.1, -0.05) is 6.07 Å². The number of hydrogen-bond acceptors (Lipinski definition) is 5. The number of carbonyl (C=O) groups is 2. The van der Waals surface area contributed by atoms with E-state index in [0.717, 1.165) is 11.4 Å². The normalized spacial score (nSPS) is 10.8. The second-order valence-electron chi connectivity index (χ2n) is 5.89. The van der Waals surface area contributed by atoms with Crippen molar-refractivity contribution in [3.8, 4) is 0 Å². The zero-order chi connectivity index (χ0) is 18.8. The van der Waals surface area contributed by atoms with Gasteiger partial charge in [0.15, 0.2) is 11.4 Å². The molecule has 0 aliphatic heterocycles. The smallest absolute Gasteiger partial charge is 0.356 e. The Bertz CT molecular complexity index is 913. The van der Waals surface area contributed by atoms with Crippen LogP contribution in [0.25, 0.3) is 0 Å². The third-order valence-corrected chi connectivity index (χ3v) is 3.89. The lowest BCUT2D eigenvalue weighted by molar-refractivity contribution is 0.0679. The number of rotatable bonds is 6. The lowest BCUT2D eigenvalue weighted by Crippen LogP contribution is -2.10.